The molecule has 23 heteroatoms. The highest BCUT2D eigenvalue weighted by Crippen LogP contribution is 2.40. The number of nitrogens with zero attached hydrogens (tertiary/aromatic N) is 6. The number of rotatable bonds is 30. The van der Waals surface area contributed by atoms with Gasteiger partial charge in [0.05, 0.1) is 31.0 Å². The lowest BCUT2D eigenvalue weighted by Gasteiger charge is -2.43. The second-order valence-corrected chi connectivity index (χ2v) is 23.2. The highest BCUT2D eigenvalue weighted by Gasteiger charge is 2.41. The maximum Gasteiger partial charge on any atom is 0.410 e. The van der Waals surface area contributed by atoms with E-state index in [-0.39, 0.29) is 106 Å². The topological polar surface area (TPSA) is 260 Å². The summed E-state index contributed by atoms with van der Waals surface area (Å²) in [5.74, 6) is -3.39. The van der Waals surface area contributed by atoms with Crippen molar-refractivity contribution in [1.82, 2.24) is 45.1 Å². The first-order valence-electron chi connectivity index (χ1n) is 29.8. The molecule has 3 aromatic carbocycles. The number of benzene rings is 3. The zero-order valence-electron chi connectivity index (χ0n) is 50.6. The number of halogens is 2. The van der Waals surface area contributed by atoms with Gasteiger partial charge in [-0.05, 0) is 97.7 Å². The van der Waals surface area contributed by atoms with Gasteiger partial charge in [-0.2, -0.15) is 0 Å². The SMILES string of the molecule is CCCN(CCC)C(=O)N(CC[C@H]1COCCN1C(=O)OCc1ccc(NC(=O)[C@H](CCCNC(N)=O)NC(=O)[C@@H](NC(=O)CCCCCN2C(=O)C=CC2=O)C(C)C)cc1)[C@@H](c1nc(-c2cc(F)ccc2F)cn1Cc1ccccc1)C(C)(C)C. The first-order valence-corrected chi connectivity index (χ1v) is 29.8. The van der Waals surface area contributed by atoms with Crippen LogP contribution in [0.4, 0.5) is 28.9 Å². The number of carbonyl (C=O) groups excluding carboxylic acids is 8. The minimum atomic E-state index is -1.09. The normalized spacial score (nSPS) is 15.3. The average molecular weight is 1190 g/mol. The summed E-state index contributed by atoms with van der Waals surface area (Å²) >= 11 is 0. The fourth-order valence-electron chi connectivity index (χ4n) is 10.5. The first-order chi connectivity index (χ1) is 41.1. The molecule has 0 spiro atoms. The van der Waals surface area contributed by atoms with Crippen LogP contribution in [0, 0.1) is 23.0 Å². The van der Waals surface area contributed by atoms with Crippen LogP contribution in [-0.2, 0) is 46.6 Å². The van der Waals surface area contributed by atoms with Crippen LogP contribution in [0.15, 0.2) is 91.1 Å². The Bertz CT molecular complexity index is 2960. The molecule has 6 N–H and O–H groups in total. The van der Waals surface area contributed by atoms with Gasteiger partial charge in [-0.1, -0.05) is 97.4 Å². The molecule has 6 rings (SSSR count). The van der Waals surface area contributed by atoms with Gasteiger partial charge < -0.3 is 55.7 Å². The fourth-order valence-corrected chi connectivity index (χ4v) is 10.5. The lowest BCUT2D eigenvalue weighted by molar-refractivity contribution is -0.137. The zero-order chi connectivity index (χ0) is 62.5. The molecular formula is C63H85F2N11O10. The van der Waals surface area contributed by atoms with Gasteiger partial charge in [0.25, 0.3) is 11.8 Å². The van der Waals surface area contributed by atoms with Crippen LogP contribution in [-0.4, -0.2) is 147 Å². The number of nitrogens with one attached hydrogen (secondary N) is 4. The lowest BCUT2D eigenvalue weighted by atomic mass is 9.84. The van der Waals surface area contributed by atoms with Crippen molar-refractivity contribution in [2.24, 2.45) is 17.1 Å². The van der Waals surface area contributed by atoms with Crippen molar-refractivity contribution in [3.63, 3.8) is 0 Å². The van der Waals surface area contributed by atoms with Gasteiger partial charge in [0, 0.05) is 81.8 Å². The van der Waals surface area contributed by atoms with Gasteiger partial charge >= 0.3 is 18.2 Å². The molecular weight excluding hydrogens is 1110 g/mol. The van der Waals surface area contributed by atoms with E-state index in [1.165, 1.54) is 12.2 Å². The molecule has 4 aromatic rings. The van der Waals surface area contributed by atoms with E-state index in [4.69, 9.17) is 20.2 Å². The van der Waals surface area contributed by atoms with Crippen molar-refractivity contribution in [2.45, 2.75) is 144 Å². The number of imidazole rings is 1. The maximum absolute atomic E-state index is 15.5. The zero-order valence-corrected chi connectivity index (χ0v) is 50.6. The molecule has 0 saturated carbocycles. The van der Waals surface area contributed by atoms with Crippen LogP contribution >= 0.6 is 0 Å². The second-order valence-electron chi connectivity index (χ2n) is 23.2. The quantitative estimate of drug-likeness (QED) is 0.0244. The number of morpholine rings is 1. The highest BCUT2D eigenvalue weighted by molar-refractivity contribution is 6.12. The Morgan fingerprint density at radius 2 is 1.55 bits per heavy atom. The molecule has 0 aliphatic carbocycles. The van der Waals surface area contributed by atoms with Gasteiger partial charge in [-0.15, -0.1) is 0 Å². The van der Waals surface area contributed by atoms with E-state index < -0.39 is 65.2 Å². The molecule has 21 nitrogen and oxygen atoms in total. The van der Waals surface area contributed by atoms with Gasteiger partial charge in [0.2, 0.25) is 17.7 Å². The van der Waals surface area contributed by atoms with Gasteiger partial charge in [0.1, 0.15) is 36.1 Å². The Morgan fingerprint density at radius 3 is 2.20 bits per heavy atom. The molecule has 3 heterocycles. The number of nitrogens with two attached hydrogens (primary N) is 1. The van der Waals surface area contributed by atoms with E-state index in [0.717, 1.165) is 28.7 Å². The number of hydrogen-bond donors (Lipinski definition) is 5. The first kappa shape index (κ1) is 66.9. The van der Waals surface area contributed by atoms with E-state index >= 15 is 9.18 Å². The Kier molecular flexibility index (Phi) is 25.2. The summed E-state index contributed by atoms with van der Waals surface area (Å²) < 4.78 is 44.0. The summed E-state index contributed by atoms with van der Waals surface area (Å²) in [7, 11) is 0. The Hall–Kier alpha value is -8.21. The number of carbonyl (C=O) groups is 8. The van der Waals surface area contributed by atoms with Crippen LogP contribution in [0.3, 0.4) is 0 Å². The highest BCUT2D eigenvalue weighted by atomic mass is 19.1. The molecule has 0 radical (unpaired) electrons. The molecule has 2 aliphatic rings. The minimum absolute atomic E-state index is 0.00911. The van der Waals surface area contributed by atoms with Crippen molar-refractivity contribution in [1.29, 1.82) is 0 Å². The summed E-state index contributed by atoms with van der Waals surface area (Å²) in [5, 5.41) is 10.9. The molecule has 0 unspecified atom stereocenters. The second kappa shape index (κ2) is 32.3. The van der Waals surface area contributed by atoms with E-state index in [1.54, 1.807) is 54.1 Å². The molecule has 466 valence electrons. The number of imide groups is 1. The van der Waals surface area contributed by atoms with E-state index in [9.17, 15) is 38.0 Å². The number of unbranched alkanes of at least 4 members (excludes halogenated alkanes) is 2. The third kappa shape index (κ3) is 19.4. The Morgan fingerprint density at radius 1 is 0.849 bits per heavy atom. The van der Waals surface area contributed by atoms with Gasteiger partial charge in [-0.25, -0.2) is 28.1 Å². The molecule has 1 aromatic heterocycles. The molecule has 0 bridgehead atoms. The third-order valence-corrected chi connectivity index (χ3v) is 14.9. The number of anilines is 1. The average Bonchev–Trinajstić information content (AvgIpc) is 1.65. The molecule has 10 amide bonds. The van der Waals surface area contributed by atoms with Crippen LogP contribution in [0.5, 0.6) is 0 Å². The fraction of sp³-hybridized carbons (Fsp3) is 0.508. The van der Waals surface area contributed by atoms with Crippen molar-refractivity contribution in [3.8, 4) is 11.3 Å². The Balaban J connectivity index is 1.12. The number of urea groups is 2. The van der Waals surface area contributed by atoms with Crippen LogP contribution in [0.2, 0.25) is 0 Å². The summed E-state index contributed by atoms with van der Waals surface area (Å²) in [6.07, 6.45) is 7.28. The number of primary amides is 1. The molecule has 1 saturated heterocycles. The van der Waals surface area contributed by atoms with E-state index in [2.05, 4.69) is 21.3 Å². The lowest BCUT2D eigenvalue weighted by Crippen LogP contribution is -2.54. The predicted molar refractivity (Wildman–Crippen MR) is 321 cm³/mol. The van der Waals surface area contributed by atoms with Crippen LogP contribution < -0.4 is 27.0 Å². The standard InChI is InChI=1S/C63H85F2N11O10/c1-8-31-72(32-9-2)61(83)76(56(63(5,6)7)57-69-51(48-37-45(64)23-26-49(48)65)39-73(57)38-43-17-12-10-13-18-43)34-29-47-41-85-36-35-74(47)62(84)86-40-44-21-24-46(25-22-44)68-58(80)50(19-16-30-67-60(66)82)70-59(81)55(42(3)4)71-52(77)20-14-11-15-33-75-53(78)27-28-54(75)79/h10,12-13,17-18,21-28,37,39,42,47,50,55-56H,8-9,11,14-16,19-20,29-36,38,40-41H2,1-7H3,(H,68,80)(H,70,81)(H,71,77)(H3,66,67,82)/t47-,50-,55-,56-/m0/s1. The van der Waals surface area contributed by atoms with Gasteiger partial charge in [-0.3, -0.25) is 28.9 Å². The summed E-state index contributed by atoms with van der Waals surface area (Å²) in [5.41, 5.74) is 6.71. The largest absolute Gasteiger partial charge is 0.445 e. The molecule has 2 aliphatic heterocycles. The molecule has 1 fully saturated rings. The van der Waals surface area contributed by atoms with E-state index in [1.807, 2.05) is 74.4 Å². The molecule has 4 atom stereocenters. The van der Waals surface area contributed by atoms with Crippen LogP contribution in [0.25, 0.3) is 11.3 Å². The smallest absolute Gasteiger partial charge is 0.410 e. The van der Waals surface area contributed by atoms with Crippen molar-refractivity contribution < 1.29 is 56.6 Å². The van der Waals surface area contributed by atoms with Gasteiger partial charge in [0.15, 0.2) is 0 Å². The van der Waals surface area contributed by atoms with Crippen molar-refractivity contribution >= 4 is 53.4 Å². The maximum atomic E-state index is 15.5. The number of amides is 10. The Labute approximate surface area is 502 Å². The third-order valence-electron chi connectivity index (χ3n) is 14.9. The number of ether oxygens (including phenoxy) is 2. The number of aromatic nitrogens is 2. The van der Waals surface area contributed by atoms with Crippen molar-refractivity contribution in [3.05, 3.63) is 120 Å². The molecule has 86 heavy (non-hydrogen) atoms. The summed E-state index contributed by atoms with van der Waals surface area (Å²) in [6.45, 7) is 16.0. The van der Waals surface area contributed by atoms with Crippen molar-refractivity contribution in [2.75, 3.05) is 57.8 Å². The predicted octanol–water partition coefficient (Wildman–Crippen LogP) is 8.43. The van der Waals surface area contributed by atoms with E-state index in [0.29, 0.717) is 75.2 Å². The summed E-state index contributed by atoms with van der Waals surface area (Å²) in [6, 6.07) is 15.3. The van der Waals surface area contributed by atoms with Crippen LogP contribution in [0.1, 0.15) is 129 Å². The monoisotopic (exact) mass is 1190 g/mol. The minimum Gasteiger partial charge on any atom is -0.445 e. The number of hydrogen-bond acceptors (Lipinski definition) is 11. The summed E-state index contributed by atoms with van der Waals surface area (Å²) in [4.78, 5) is 116.